The van der Waals surface area contributed by atoms with Crippen LogP contribution in [0.15, 0.2) is 52.0 Å². The van der Waals surface area contributed by atoms with Crippen LogP contribution in [0.5, 0.6) is 5.75 Å². The van der Waals surface area contributed by atoms with Crippen LogP contribution in [-0.4, -0.2) is 22.2 Å². The van der Waals surface area contributed by atoms with Gasteiger partial charge in [0, 0.05) is 21.7 Å². The first-order valence-electron chi connectivity index (χ1n) is 6.04. The number of amides is 1. The number of nitrogens with zero attached hydrogens (tertiary/aromatic N) is 2. The second-order valence-corrected chi connectivity index (χ2v) is 5.10. The lowest BCUT2D eigenvalue weighted by atomic mass is 10.2. The summed E-state index contributed by atoms with van der Waals surface area (Å²) in [5.74, 6) is -0.949. The van der Waals surface area contributed by atoms with Crippen LogP contribution < -0.4 is 5.43 Å². The number of nitro groups is 1. The van der Waals surface area contributed by atoms with Gasteiger partial charge in [-0.05, 0) is 24.3 Å². The molecule has 0 spiro atoms. The minimum absolute atomic E-state index is 0.128. The van der Waals surface area contributed by atoms with Crippen LogP contribution in [0.25, 0.3) is 0 Å². The average Bonchev–Trinajstić information content (AvgIpc) is 2.48. The van der Waals surface area contributed by atoms with Crippen molar-refractivity contribution in [3.05, 3.63) is 68.2 Å². The fourth-order valence-corrected chi connectivity index (χ4v) is 2.05. The highest BCUT2D eigenvalue weighted by Crippen LogP contribution is 2.27. The zero-order valence-electron chi connectivity index (χ0n) is 11.1. The Balaban J connectivity index is 2.12. The Morgan fingerprint density at radius 1 is 1.32 bits per heavy atom. The van der Waals surface area contributed by atoms with Crippen LogP contribution in [0.4, 0.5) is 5.69 Å². The first-order valence-corrected chi connectivity index (χ1v) is 6.83. The molecule has 2 rings (SSSR count). The van der Waals surface area contributed by atoms with E-state index in [0.717, 1.165) is 10.7 Å². The van der Waals surface area contributed by atoms with Crippen molar-refractivity contribution in [3.63, 3.8) is 0 Å². The van der Waals surface area contributed by atoms with Crippen LogP contribution in [-0.2, 0) is 0 Å². The minimum atomic E-state index is -0.702. The average molecular weight is 364 g/mol. The van der Waals surface area contributed by atoms with Crippen molar-refractivity contribution in [2.24, 2.45) is 5.10 Å². The molecule has 2 N–H and O–H groups in total. The number of benzene rings is 2. The number of para-hydroxylation sites is 1. The molecule has 0 saturated carbocycles. The highest BCUT2D eigenvalue weighted by Gasteiger charge is 2.15. The molecule has 7 nitrogen and oxygen atoms in total. The molecule has 0 radical (unpaired) electrons. The predicted octanol–water partition coefficient (Wildman–Crippen LogP) is 2.83. The second-order valence-electron chi connectivity index (χ2n) is 4.18. The lowest BCUT2D eigenvalue weighted by Gasteiger charge is -2.01. The Morgan fingerprint density at radius 3 is 2.73 bits per heavy atom. The third-order valence-electron chi connectivity index (χ3n) is 2.70. The SMILES string of the molecule is O=C(NN=Cc1cccc([N+](=O)[O-])c1O)c1cccc(Br)c1. The number of carbonyl (C=O) groups excluding carboxylic acids is 1. The standard InChI is InChI=1S/C14H10BrN3O4/c15-11-5-1-3-9(7-11)14(20)17-16-8-10-4-2-6-12(13(10)19)18(21)22/h1-8,19H,(H,17,20). The van der Waals surface area contributed by atoms with Crippen LogP contribution in [0, 0.1) is 10.1 Å². The Hall–Kier alpha value is -2.74. The van der Waals surface area contributed by atoms with Gasteiger partial charge in [0.25, 0.3) is 5.91 Å². The summed E-state index contributed by atoms with van der Waals surface area (Å²) >= 11 is 3.25. The first kappa shape index (κ1) is 15.6. The maximum absolute atomic E-state index is 11.8. The van der Waals surface area contributed by atoms with E-state index in [1.165, 1.54) is 18.2 Å². The summed E-state index contributed by atoms with van der Waals surface area (Å²) in [6.45, 7) is 0. The Labute approximate surface area is 133 Å². The van der Waals surface area contributed by atoms with Gasteiger partial charge in [-0.15, -0.1) is 0 Å². The van der Waals surface area contributed by atoms with Gasteiger partial charge >= 0.3 is 5.69 Å². The normalized spacial score (nSPS) is 10.6. The molecule has 0 unspecified atom stereocenters. The quantitative estimate of drug-likeness (QED) is 0.494. The maximum atomic E-state index is 11.8. The van der Waals surface area contributed by atoms with E-state index in [2.05, 4.69) is 26.5 Å². The summed E-state index contributed by atoms with van der Waals surface area (Å²) < 4.78 is 0.750. The van der Waals surface area contributed by atoms with Crippen molar-refractivity contribution in [2.75, 3.05) is 0 Å². The van der Waals surface area contributed by atoms with Crippen LogP contribution in [0.1, 0.15) is 15.9 Å². The van der Waals surface area contributed by atoms with Gasteiger partial charge in [0.1, 0.15) is 0 Å². The molecule has 2 aromatic rings. The van der Waals surface area contributed by atoms with Crippen molar-refractivity contribution in [1.29, 1.82) is 0 Å². The lowest BCUT2D eigenvalue weighted by molar-refractivity contribution is -0.385. The maximum Gasteiger partial charge on any atom is 0.311 e. The molecule has 0 aromatic heterocycles. The zero-order valence-corrected chi connectivity index (χ0v) is 12.6. The fraction of sp³-hybridized carbons (Fsp3) is 0. The molecule has 0 aliphatic carbocycles. The molecule has 8 heteroatoms. The molecule has 0 aliphatic heterocycles. The summed E-state index contributed by atoms with van der Waals surface area (Å²) in [5.41, 5.74) is 2.38. The fourth-order valence-electron chi connectivity index (χ4n) is 1.65. The van der Waals surface area contributed by atoms with E-state index in [1.807, 2.05) is 0 Å². The number of halogens is 1. The van der Waals surface area contributed by atoms with Gasteiger partial charge in [0.15, 0.2) is 0 Å². The molecule has 1 amide bonds. The van der Waals surface area contributed by atoms with Gasteiger partial charge in [-0.1, -0.05) is 28.1 Å². The van der Waals surface area contributed by atoms with E-state index in [4.69, 9.17) is 0 Å². The molecular weight excluding hydrogens is 354 g/mol. The number of hydrogen-bond donors (Lipinski definition) is 2. The highest BCUT2D eigenvalue weighted by atomic mass is 79.9. The van der Waals surface area contributed by atoms with Crippen molar-refractivity contribution in [1.82, 2.24) is 5.43 Å². The Kier molecular flexibility index (Phi) is 4.84. The summed E-state index contributed by atoms with van der Waals surface area (Å²) in [4.78, 5) is 21.8. The molecule has 0 saturated heterocycles. The molecule has 112 valence electrons. The van der Waals surface area contributed by atoms with E-state index in [9.17, 15) is 20.0 Å². The molecule has 2 aromatic carbocycles. The number of phenols is 1. The van der Waals surface area contributed by atoms with Gasteiger partial charge in [0.2, 0.25) is 5.75 Å². The molecule has 0 atom stereocenters. The number of carbonyl (C=O) groups is 1. The molecule has 0 heterocycles. The molecule has 0 aliphatic rings. The van der Waals surface area contributed by atoms with Gasteiger partial charge < -0.3 is 5.11 Å². The third-order valence-corrected chi connectivity index (χ3v) is 3.19. The van der Waals surface area contributed by atoms with Crippen molar-refractivity contribution in [2.45, 2.75) is 0 Å². The highest BCUT2D eigenvalue weighted by molar-refractivity contribution is 9.10. The molecule has 0 bridgehead atoms. The number of nitro benzene ring substituents is 1. The summed E-state index contributed by atoms with van der Waals surface area (Å²) in [7, 11) is 0. The largest absolute Gasteiger partial charge is 0.502 e. The number of aromatic hydroxyl groups is 1. The van der Waals surface area contributed by atoms with Gasteiger partial charge in [-0.2, -0.15) is 5.10 Å². The van der Waals surface area contributed by atoms with Gasteiger partial charge in [-0.3, -0.25) is 14.9 Å². The Morgan fingerprint density at radius 2 is 2.05 bits per heavy atom. The lowest BCUT2D eigenvalue weighted by Crippen LogP contribution is -2.17. The summed E-state index contributed by atoms with van der Waals surface area (Å²) in [6, 6.07) is 10.7. The summed E-state index contributed by atoms with van der Waals surface area (Å²) in [5, 5.41) is 24.1. The predicted molar refractivity (Wildman–Crippen MR) is 84.0 cm³/mol. The minimum Gasteiger partial charge on any atom is -0.502 e. The van der Waals surface area contributed by atoms with Gasteiger partial charge in [-0.25, -0.2) is 5.43 Å². The number of nitrogens with one attached hydrogen (secondary N) is 1. The number of hydrogen-bond acceptors (Lipinski definition) is 5. The van der Waals surface area contributed by atoms with Crippen molar-refractivity contribution < 1.29 is 14.8 Å². The Bertz CT molecular complexity index is 762. The van der Waals surface area contributed by atoms with E-state index in [-0.39, 0.29) is 5.56 Å². The first-order chi connectivity index (χ1) is 10.5. The number of phenolic OH excluding ortho intramolecular Hbond substituents is 1. The third kappa shape index (κ3) is 3.67. The topological polar surface area (TPSA) is 105 Å². The second kappa shape index (κ2) is 6.81. The summed E-state index contributed by atoms with van der Waals surface area (Å²) in [6.07, 6.45) is 1.14. The van der Waals surface area contributed by atoms with E-state index >= 15 is 0 Å². The molecule has 0 fully saturated rings. The molecule has 22 heavy (non-hydrogen) atoms. The number of rotatable bonds is 4. The van der Waals surface area contributed by atoms with Crippen LogP contribution in [0.3, 0.4) is 0 Å². The monoisotopic (exact) mass is 363 g/mol. The zero-order chi connectivity index (χ0) is 16.1. The van der Waals surface area contributed by atoms with E-state index in [0.29, 0.717) is 5.56 Å². The number of hydrazone groups is 1. The van der Waals surface area contributed by atoms with Crippen molar-refractivity contribution >= 4 is 33.7 Å². The smallest absolute Gasteiger partial charge is 0.311 e. The molecular formula is C14H10BrN3O4. The van der Waals surface area contributed by atoms with Gasteiger partial charge in [0.05, 0.1) is 11.1 Å². The van der Waals surface area contributed by atoms with E-state index < -0.39 is 22.3 Å². The van der Waals surface area contributed by atoms with Crippen molar-refractivity contribution in [3.8, 4) is 5.75 Å². The van der Waals surface area contributed by atoms with Crippen LogP contribution in [0.2, 0.25) is 0 Å². The van der Waals surface area contributed by atoms with E-state index in [1.54, 1.807) is 24.3 Å². The van der Waals surface area contributed by atoms with Crippen LogP contribution >= 0.6 is 15.9 Å².